The van der Waals surface area contributed by atoms with E-state index in [1.54, 1.807) is 11.0 Å². The Hall–Kier alpha value is -1.46. The van der Waals surface area contributed by atoms with Gasteiger partial charge in [-0.2, -0.15) is 0 Å². The molecule has 1 aromatic rings. The second-order valence-corrected chi connectivity index (χ2v) is 4.22. The molecule has 0 bridgehead atoms. The third-order valence-corrected chi connectivity index (χ3v) is 2.96. The van der Waals surface area contributed by atoms with Gasteiger partial charge >= 0.3 is 0 Å². The average Bonchev–Trinajstić information content (AvgIpc) is 2.37. The number of anilines is 1. The van der Waals surface area contributed by atoms with Crippen LogP contribution < -0.4 is 10.6 Å². The second-order valence-electron chi connectivity index (χ2n) is 4.22. The van der Waals surface area contributed by atoms with Crippen molar-refractivity contribution in [3.8, 4) is 0 Å². The second kappa shape index (κ2) is 5.93. The summed E-state index contributed by atoms with van der Waals surface area (Å²) in [5, 5.41) is 0. The standard InChI is InChI=1S/C13H17FN2O2/c14-11-2-3-12-10(9-11)1-4-13(17)16(12)6-8-18-7-5-15/h2-3,9H,1,4-8,15H2. The minimum absolute atomic E-state index is 0.0606. The van der Waals surface area contributed by atoms with Crippen molar-refractivity contribution < 1.29 is 13.9 Å². The molecule has 0 unspecified atom stereocenters. The highest BCUT2D eigenvalue weighted by Crippen LogP contribution is 2.28. The van der Waals surface area contributed by atoms with Crippen molar-refractivity contribution in [2.45, 2.75) is 12.8 Å². The van der Waals surface area contributed by atoms with Crippen LogP contribution in [0.3, 0.4) is 0 Å². The third-order valence-electron chi connectivity index (χ3n) is 2.96. The van der Waals surface area contributed by atoms with E-state index in [9.17, 15) is 9.18 Å². The molecule has 1 aromatic carbocycles. The van der Waals surface area contributed by atoms with Crippen LogP contribution in [0.2, 0.25) is 0 Å². The van der Waals surface area contributed by atoms with Crippen LogP contribution in [0.1, 0.15) is 12.0 Å². The molecule has 0 fully saturated rings. The number of benzene rings is 1. The van der Waals surface area contributed by atoms with E-state index in [0.717, 1.165) is 11.3 Å². The smallest absolute Gasteiger partial charge is 0.227 e. The van der Waals surface area contributed by atoms with Crippen molar-refractivity contribution in [3.63, 3.8) is 0 Å². The zero-order chi connectivity index (χ0) is 13.0. The molecule has 1 aliphatic heterocycles. The molecule has 0 aromatic heterocycles. The summed E-state index contributed by atoms with van der Waals surface area (Å²) in [6.45, 7) is 1.88. The maximum atomic E-state index is 13.1. The Morgan fingerprint density at radius 1 is 1.33 bits per heavy atom. The summed E-state index contributed by atoms with van der Waals surface area (Å²) in [5.41, 5.74) is 7.00. The molecule has 0 saturated heterocycles. The quantitative estimate of drug-likeness (QED) is 0.798. The first-order chi connectivity index (χ1) is 8.72. The molecule has 1 heterocycles. The largest absolute Gasteiger partial charge is 0.378 e. The van der Waals surface area contributed by atoms with E-state index < -0.39 is 0 Å². The Morgan fingerprint density at radius 2 is 2.17 bits per heavy atom. The van der Waals surface area contributed by atoms with E-state index in [4.69, 9.17) is 10.5 Å². The van der Waals surface area contributed by atoms with Gasteiger partial charge in [0.15, 0.2) is 0 Å². The highest BCUT2D eigenvalue weighted by Gasteiger charge is 2.23. The summed E-state index contributed by atoms with van der Waals surface area (Å²) in [6, 6.07) is 4.53. The highest BCUT2D eigenvalue weighted by molar-refractivity contribution is 5.96. The van der Waals surface area contributed by atoms with E-state index in [0.29, 0.717) is 39.1 Å². The third kappa shape index (κ3) is 2.86. The van der Waals surface area contributed by atoms with Crippen molar-refractivity contribution in [3.05, 3.63) is 29.6 Å². The van der Waals surface area contributed by atoms with Crippen LogP contribution in [0.5, 0.6) is 0 Å². The van der Waals surface area contributed by atoms with Crippen LogP contribution in [-0.4, -0.2) is 32.2 Å². The van der Waals surface area contributed by atoms with E-state index in [1.165, 1.54) is 12.1 Å². The molecule has 2 N–H and O–H groups in total. The van der Waals surface area contributed by atoms with Crippen LogP contribution in [0.4, 0.5) is 10.1 Å². The first kappa shape index (κ1) is 13.0. The molecule has 0 aliphatic carbocycles. The van der Waals surface area contributed by atoms with Gasteiger partial charge in [-0.05, 0) is 30.2 Å². The lowest BCUT2D eigenvalue weighted by Gasteiger charge is -2.29. The zero-order valence-electron chi connectivity index (χ0n) is 10.2. The minimum atomic E-state index is -0.262. The van der Waals surface area contributed by atoms with Gasteiger partial charge in [-0.3, -0.25) is 4.79 Å². The van der Waals surface area contributed by atoms with Gasteiger partial charge in [0.2, 0.25) is 5.91 Å². The summed E-state index contributed by atoms with van der Waals surface area (Å²) in [4.78, 5) is 13.5. The summed E-state index contributed by atoms with van der Waals surface area (Å²) in [6.07, 6.45) is 1.03. The molecule has 0 radical (unpaired) electrons. The number of carbonyl (C=O) groups is 1. The lowest BCUT2D eigenvalue weighted by molar-refractivity contribution is -0.119. The number of fused-ring (bicyclic) bond motifs is 1. The number of nitrogens with two attached hydrogens (primary N) is 1. The molecule has 4 nitrogen and oxygen atoms in total. The van der Waals surface area contributed by atoms with E-state index in [2.05, 4.69) is 0 Å². The molecular weight excluding hydrogens is 235 g/mol. The molecular formula is C13H17FN2O2. The Morgan fingerprint density at radius 3 is 2.94 bits per heavy atom. The first-order valence-corrected chi connectivity index (χ1v) is 6.09. The van der Waals surface area contributed by atoms with Crippen LogP contribution in [-0.2, 0) is 16.0 Å². The van der Waals surface area contributed by atoms with Gasteiger partial charge in [0.1, 0.15) is 5.82 Å². The van der Waals surface area contributed by atoms with Gasteiger partial charge in [-0.25, -0.2) is 4.39 Å². The summed E-state index contributed by atoms with van der Waals surface area (Å²) >= 11 is 0. The van der Waals surface area contributed by atoms with Crippen LogP contribution in [0, 0.1) is 5.82 Å². The number of rotatable bonds is 5. The number of amides is 1. The molecule has 98 valence electrons. The Labute approximate surface area is 106 Å². The topological polar surface area (TPSA) is 55.6 Å². The van der Waals surface area contributed by atoms with Crippen molar-refractivity contribution >= 4 is 11.6 Å². The van der Waals surface area contributed by atoms with Crippen molar-refractivity contribution in [2.75, 3.05) is 31.2 Å². The van der Waals surface area contributed by atoms with Crippen molar-refractivity contribution in [2.24, 2.45) is 5.73 Å². The van der Waals surface area contributed by atoms with Crippen LogP contribution in [0.25, 0.3) is 0 Å². The molecule has 1 amide bonds. The fourth-order valence-electron chi connectivity index (χ4n) is 2.11. The fraction of sp³-hybridized carbons (Fsp3) is 0.462. The number of carbonyl (C=O) groups excluding carboxylic acids is 1. The number of hydrogen-bond acceptors (Lipinski definition) is 3. The molecule has 18 heavy (non-hydrogen) atoms. The van der Waals surface area contributed by atoms with Crippen molar-refractivity contribution in [1.29, 1.82) is 0 Å². The summed E-state index contributed by atoms with van der Waals surface area (Å²) in [7, 11) is 0. The predicted molar refractivity (Wildman–Crippen MR) is 66.9 cm³/mol. The number of nitrogens with zero attached hydrogens (tertiary/aromatic N) is 1. The van der Waals surface area contributed by atoms with Gasteiger partial charge in [0.05, 0.1) is 13.2 Å². The predicted octanol–water partition coefficient (Wildman–Crippen LogP) is 1.08. The molecule has 0 spiro atoms. The van der Waals surface area contributed by atoms with Crippen LogP contribution >= 0.6 is 0 Å². The average molecular weight is 252 g/mol. The first-order valence-electron chi connectivity index (χ1n) is 6.09. The fourth-order valence-corrected chi connectivity index (χ4v) is 2.11. The Balaban J connectivity index is 2.08. The van der Waals surface area contributed by atoms with E-state index in [-0.39, 0.29) is 11.7 Å². The van der Waals surface area contributed by atoms with Gasteiger partial charge < -0.3 is 15.4 Å². The number of hydrogen-bond donors (Lipinski definition) is 1. The van der Waals surface area contributed by atoms with Gasteiger partial charge in [0, 0.05) is 25.2 Å². The molecule has 5 heteroatoms. The van der Waals surface area contributed by atoms with Gasteiger partial charge in [-0.1, -0.05) is 0 Å². The minimum Gasteiger partial charge on any atom is -0.378 e. The lowest BCUT2D eigenvalue weighted by atomic mass is 10.0. The van der Waals surface area contributed by atoms with Crippen molar-refractivity contribution in [1.82, 2.24) is 0 Å². The molecule has 2 rings (SSSR count). The number of ether oxygens (including phenoxy) is 1. The van der Waals surface area contributed by atoms with Gasteiger partial charge in [-0.15, -0.1) is 0 Å². The highest BCUT2D eigenvalue weighted by atomic mass is 19.1. The zero-order valence-corrected chi connectivity index (χ0v) is 10.2. The Bertz CT molecular complexity index is 437. The van der Waals surface area contributed by atoms with Crippen LogP contribution in [0.15, 0.2) is 18.2 Å². The summed E-state index contributed by atoms with van der Waals surface area (Å²) in [5.74, 6) is -0.201. The number of aryl methyl sites for hydroxylation is 1. The monoisotopic (exact) mass is 252 g/mol. The van der Waals surface area contributed by atoms with Gasteiger partial charge in [0.25, 0.3) is 0 Å². The maximum absolute atomic E-state index is 13.1. The van der Waals surface area contributed by atoms with E-state index in [1.807, 2.05) is 0 Å². The van der Waals surface area contributed by atoms with E-state index >= 15 is 0 Å². The lowest BCUT2D eigenvalue weighted by Crippen LogP contribution is -2.37. The molecule has 0 atom stereocenters. The number of halogens is 1. The Kier molecular flexibility index (Phi) is 4.28. The normalized spacial score (nSPS) is 14.8. The SMILES string of the molecule is NCCOCCN1C(=O)CCc2cc(F)ccc21. The molecule has 1 aliphatic rings. The maximum Gasteiger partial charge on any atom is 0.227 e. The summed E-state index contributed by atoms with van der Waals surface area (Å²) < 4.78 is 18.4. The molecule has 0 saturated carbocycles.